The Morgan fingerprint density at radius 1 is 0.533 bits per heavy atom. The Morgan fingerprint density at radius 2 is 0.983 bits per heavy atom. The standard InChI is InChI=1S/C49H84O11/c1-3-5-7-9-11-13-15-17-19-21-23-25-27-29-31-33-35-37-42(50)57-39-41(40-58-49-46(54)44(52)45(53)47(60-49)48(55)56)59-43(51)38-36-34-32-30-28-26-24-22-20-18-16-14-12-10-8-6-4-2/h5,7,11,13,17,19,23,25,41,44-47,49,52-54H,3-4,6,8-10,12,14-16,18,20-22,24,26-40H2,1-2H3,(H,55,56)/b7-5-,13-11-,19-17-,25-23-. The Bertz CT molecular complexity index is 1180. The smallest absolute Gasteiger partial charge is 0.335 e. The Hall–Kier alpha value is -2.83. The third-order valence-corrected chi connectivity index (χ3v) is 10.7. The summed E-state index contributed by atoms with van der Waals surface area (Å²) < 4.78 is 21.8. The molecule has 1 aliphatic rings. The number of esters is 2. The molecule has 1 rings (SSSR count). The number of carboxylic acids is 1. The largest absolute Gasteiger partial charge is 0.479 e. The summed E-state index contributed by atoms with van der Waals surface area (Å²) in [5, 5.41) is 39.9. The van der Waals surface area contributed by atoms with Crippen molar-refractivity contribution in [3.05, 3.63) is 48.6 Å². The second kappa shape index (κ2) is 39.0. The van der Waals surface area contributed by atoms with Crippen LogP contribution in [0.4, 0.5) is 0 Å². The van der Waals surface area contributed by atoms with Gasteiger partial charge in [0.05, 0.1) is 6.61 Å². The molecule has 60 heavy (non-hydrogen) atoms. The van der Waals surface area contributed by atoms with Crippen molar-refractivity contribution < 1.29 is 53.8 Å². The molecule has 1 aliphatic heterocycles. The number of hydrogen-bond acceptors (Lipinski definition) is 10. The molecule has 0 bridgehead atoms. The molecule has 6 unspecified atom stereocenters. The van der Waals surface area contributed by atoms with Crippen LogP contribution in [0.5, 0.6) is 0 Å². The quantitative estimate of drug-likeness (QED) is 0.0264. The van der Waals surface area contributed by atoms with Crippen LogP contribution in [0.15, 0.2) is 48.6 Å². The molecule has 11 nitrogen and oxygen atoms in total. The summed E-state index contributed by atoms with van der Waals surface area (Å²) in [6.07, 6.45) is 37.3. The first-order chi connectivity index (χ1) is 29.2. The highest BCUT2D eigenvalue weighted by Crippen LogP contribution is 2.23. The van der Waals surface area contributed by atoms with Crippen LogP contribution in [0.1, 0.15) is 194 Å². The van der Waals surface area contributed by atoms with Crippen molar-refractivity contribution in [3.63, 3.8) is 0 Å². The topological polar surface area (TPSA) is 169 Å². The number of ether oxygens (including phenoxy) is 4. The van der Waals surface area contributed by atoms with Crippen LogP contribution >= 0.6 is 0 Å². The maximum Gasteiger partial charge on any atom is 0.335 e. The number of carbonyl (C=O) groups is 3. The van der Waals surface area contributed by atoms with Crippen molar-refractivity contribution in [2.24, 2.45) is 0 Å². The van der Waals surface area contributed by atoms with Gasteiger partial charge in [-0.05, 0) is 51.4 Å². The second-order valence-corrected chi connectivity index (χ2v) is 16.2. The number of rotatable bonds is 39. The van der Waals surface area contributed by atoms with E-state index in [4.69, 9.17) is 18.9 Å². The fourth-order valence-corrected chi connectivity index (χ4v) is 6.99. The molecule has 0 aromatic rings. The van der Waals surface area contributed by atoms with Gasteiger partial charge >= 0.3 is 17.9 Å². The maximum absolute atomic E-state index is 12.8. The molecule has 0 aromatic carbocycles. The summed E-state index contributed by atoms with van der Waals surface area (Å²) in [6, 6.07) is 0. The highest BCUT2D eigenvalue weighted by Gasteiger charge is 2.47. The van der Waals surface area contributed by atoms with Crippen LogP contribution in [0.3, 0.4) is 0 Å². The van der Waals surface area contributed by atoms with Gasteiger partial charge in [0.1, 0.15) is 24.9 Å². The first kappa shape index (κ1) is 55.2. The van der Waals surface area contributed by atoms with E-state index >= 15 is 0 Å². The maximum atomic E-state index is 12.8. The first-order valence-electron chi connectivity index (χ1n) is 23.7. The van der Waals surface area contributed by atoms with Gasteiger partial charge in [-0.2, -0.15) is 0 Å². The molecule has 0 aliphatic carbocycles. The van der Waals surface area contributed by atoms with Crippen molar-refractivity contribution in [2.45, 2.75) is 230 Å². The average molecular weight is 849 g/mol. The number of allylic oxidation sites excluding steroid dienone is 8. The Balaban J connectivity index is 2.36. The fourth-order valence-electron chi connectivity index (χ4n) is 6.99. The second-order valence-electron chi connectivity index (χ2n) is 16.2. The van der Waals surface area contributed by atoms with Crippen molar-refractivity contribution in [3.8, 4) is 0 Å². The van der Waals surface area contributed by atoms with E-state index < -0.39 is 61.3 Å². The lowest BCUT2D eigenvalue weighted by Gasteiger charge is -2.38. The van der Waals surface area contributed by atoms with Crippen LogP contribution in [-0.2, 0) is 33.3 Å². The molecule has 346 valence electrons. The minimum absolute atomic E-state index is 0.179. The zero-order valence-corrected chi connectivity index (χ0v) is 37.4. The zero-order chi connectivity index (χ0) is 43.9. The molecular formula is C49H84O11. The highest BCUT2D eigenvalue weighted by molar-refractivity contribution is 5.73. The van der Waals surface area contributed by atoms with Gasteiger partial charge in [0.25, 0.3) is 0 Å². The van der Waals surface area contributed by atoms with E-state index in [1.165, 1.54) is 83.5 Å². The monoisotopic (exact) mass is 849 g/mol. The Labute approximate surface area is 363 Å². The van der Waals surface area contributed by atoms with E-state index in [-0.39, 0.29) is 19.4 Å². The van der Waals surface area contributed by atoms with Gasteiger partial charge in [-0.15, -0.1) is 0 Å². The lowest BCUT2D eigenvalue weighted by molar-refractivity contribution is -0.298. The molecular weight excluding hydrogens is 765 g/mol. The number of unbranched alkanes of at least 4 members (excludes halogenated alkanes) is 20. The molecule has 6 atom stereocenters. The number of carbonyl (C=O) groups excluding carboxylic acids is 2. The van der Waals surface area contributed by atoms with Gasteiger partial charge in [-0.1, -0.05) is 178 Å². The van der Waals surface area contributed by atoms with Crippen LogP contribution in [0, 0.1) is 0 Å². The fraction of sp³-hybridized carbons (Fsp3) is 0.776. The predicted octanol–water partition coefficient (Wildman–Crippen LogP) is 10.5. The van der Waals surface area contributed by atoms with E-state index in [1.54, 1.807) is 0 Å². The summed E-state index contributed by atoms with van der Waals surface area (Å²) in [6.45, 7) is 3.69. The minimum Gasteiger partial charge on any atom is -0.479 e. The van der Waals surface area contributed by atoms with Gasteiger partial charge in [0.15, 0.2) is 18.5 Å². The molecule has 0 aromatic heterocycles. The number of hydrogen-bond donors (Lipinski definition) is 4. The summed E-state index contributed by atoms with van der Waals surface area (Å²) in [5.74, 6) is -2.47. The third-order valence-electron chi connectivity index (χ3n) is 10.7. The van der Waals surface area contributed by atoms with E-state index in [0.717, 1.165) is 70.6 Å². The average Bonchev–Trinajstić information content (AvgIpc) is 3.23. The highest BCUT2D eigenvalue weighted by atomic mass is 16.7. The van der Waals surface area contributed by atoms with Crippen molar-refractivity contribution >= 4 is 17.9 Å². The predicted molar refractivity (Wildman–Crippen MR) is 238 cm³/mol. The number of aliphatic hydroxyl groups excluding tert-OH is 3. The van der Waals surface area contributed by atoms with Gasteiger partial charge < -0.3 is 39.4 Å². The summed E-state index contributed by atoms with van der Waals surface area (Å²) in [4.78, 5) is 36.9. The molecule has 11 heteroatoms. The van der Waals surface area contributed by atoms with E-state index in [1.807, 2.05) is 0 Å². The molecule has 0 radical (unpaired) electrons. The van der Waals surface area contributed by atoms with Gasteiger partial charge in [-0.25, -0.2) is 4.79 Å². The lowest BCUT2D eigenvalue weighted by Crippen LogP contribution is -2.60. The van der Waals surface area contributed by atoms with Crippen LogP contribution < -0.4 is 0 Å². The van der Waals surface area contributed by atoms with E-state index in [9.17, 15) is 34.8 Å². The molecule has 0 spiro atoms. The molecule has 1 saturated heterocycles. The number of aliphatic hydroxyl groups is 3. The SMILES string of the molecule is CC/C=C\C/C=C\C/C=C\C/C=C\CCCCCCC(=O)OCC(COC1OC(C(=O)O)C(O)C(O)C1O)OC(=O)CCCCCCCCCCCCCCCCCCC. The minimum atomic E-state index is -1.86. The molecule has 0 amide bonds. The van der Waals surface area contributed by atoms with Crippen molar-refractivity contribution in [1.29, 1.82) is 0 Å². The van der Waals surface area contributed by atoms with Crippen LogP contribution in [0.2, 0.25) is 0 Å². The third kappa shape index (κ3) is 30.2. The zero-order valence-electron chi connectivity index (χ0n) is 37.4. The molecule has 4 N–H and O–H groups in total. The molecule has 0 saturated carbocycles. The number of aliphatic carboxylic acids is 1. The van der Waals surface area contributed by atoms with Gasteiger partial charge in [0, 0.05) is 12.8 Å². The Morgan fingerprint density at radius 3 is 1.48 bits per heavy atom. The van der Waals surface area contributed by atoms with Crippen LogP contribution in [-0.4, -0.2) is 88.4 Å². The first-order valence-corrected chi connectivity index (χ1v) is 23.7. The van der Waals surface area contributed by atoms with E-state index in [0.29, 0.717) is 12.8 Å². The molecule has 1 fully saturated rings. The van der Waals surface area contributed by atoms with E-state index in [2.05, 4.69) is 62.5 Å². The lowest BCUT2D eigenvalue weighted by atomic mass is 9.99. The summed E-state index contributed by atoms with van der Waals surface area (Å²) >= 11 is 0. The molecule has 1 heterocycles. The Kier molecular flexibility index (Phi) is 35.9. The summed E-state index contributed by atoms with van der Waals surface area (Å²) in [7, 11) is 0. The summed E-state index contributed by atoms with van der Waals surface area (Å²) in [5.41, 5.74) is 0. The normalized spacial score (nSPS) is 20.2. The van der Waals surface area contributed by atoms with Gasteiger partial charge in [-0.3, -0.25) is 9.59 Å². The number of carboxylic acid groups (broad SMARTS) is 1. The van der Waals surface area contributed by atoms with Crippen molar-refractivity contribution in [2.75, 3.05) is 13.2 Å². The van der Waals surface area contributed by atoms with Crippen LogP contribution in [0.25, 0.3) is 0 Å². The van der Waals surface area contributed by atoms with Crippen molar-refractivity contribution in [1.82, 2.24) is 0 Å². The van der Waals surface area contributed by atoms with Gasteiger partial charge in [0.2, 0.25) is 0 Å².